The zero-order valence-electron chi connectivity index (χ0n) is 17.2. The largest absolute Gasteiger partial charge is 0.416 e. The van der Waals surface area contributed by atoms with Crippen LogP contribution in [-0.4, -0.2) is 61.4 Å². The van der Waals surface area contributed by atoms with Crippen molar-refractivity contribution in [3.8, 4) is 5.82 Å². The smallest absolute Gasteiger partial charge is 0.355 e. The SMILES string of the molecule is Cc1ccc(C(=O)N2C[C@H]3CCN(c4cc(C(F)(F)F)ccn4)C[C@H]32)c(-n2ccnn2)n1. The third-order valence-electron chi connectivity index (χ3n) is 6.09. The fraction of sp³-hybridized carbons (Fsp3) is 0.381. The second-order valence-corrected chi connectivity index (χ2v) is 8.09. The minimum Gasteiger partial charge on any atom is -0.355 e. The number of halogens is 3. The van der Waals surface area contributed by atoms with Crippen LogP contribution in [0.25, 0.3) is 5.82 Å². The molecule has 2 fully saturated rings. The predicted molar refractivity (Wildman–Crippen MR) is 108 cm³/mol. The van der Waals surface area contributed by atoms with Gasteiger partial charge in [-0.05, 0) is 37.6 Å². The summed E-state index contributed by atoms with van der Waals surface area (Å²) in [5, 5.41) is 7.76. The first-order valence-electron chi connectivity index (χ1n) is 10.2. The Morgan fingerprint density at radius 3 is 2.75 bits per heavy atom. The van der Waals surface area contributed by atoms with Crippen molar-refractivity contribution in [2.45, 2.75) is 25.6 Å². The molecule has 3 aromatic rings. The van der Waals surface area contributed by atoms with Crippen LogP contribution in [0.5, 0.6) is 0 Å². The maximum atomic E-state index is 13.4. The van der Waals surface area contributed by atoms with Crippen LogP contribution in [-0.2, 0) is 6.18 Å². The first-order chi connectivity index (χ1) is 15.3. The normalized spacial score (nSPS) is 20.6. The topological polar surface area (TPSA) is 80.0 Å². The zero-order chi connectivity index (χ0) is 22.5. The van der Waals surface area contributed by atoms with E-state index in [1.165, 1.54) is 17.1 Å². The highest BCUT2D eigenvalue weighted by Gasteiger charge is 2.46. The van der Waals surface area contributed by atoms with Gasteiger partial charge in [-0.15, -0.1) is 5.10 Å². The van der Waals surface area contributed by atoms with E-state index in [0.717, 1.165) is 24.2 Å². The highest BCUT2D eigenvalue weighted by Crippen LogP contribution is 2.37. The maximum Gasteiger partial charge on any atom is 0.416 e. The lowest BCUT2D eigenvalue weighted by atomic mass is 9.81. The lowest BCUT2D eigenvalue weighted by Gasteiger charge is -2.53. The molecule has 0 aliphatic carbocycles. The van der Waals surface area contributed by atoms with Crippen LogP contribution in [0, 0.1) is 12.8 Å². The molecule has 8 nitrogen and oxygen atoms in total. The summed E-state index contributed by atoms with van der Waals surface area (Å²) in [7, 11) is 0. The Bertz CT molecular complexity index is 1150. The molecule has 2 saturated heterocycles. The van der Waals surface area contributed by atoms with E-state index in [0.29, 0.717) is 36.9 Å². The van der Waals surface area contributed by atoms with Crippen molar-refractivity contribution >= 4 is 11.7 Å². The summed E-state index contributed by atoms with van der Waals surface area (Å²) in [6, 6.07) is 5.43. The molecule has 5 heterocycles. The monoisotopic (exact) mass is 443 g/mol. The molecule has 0 aromatic carbocycles. The Balaban J connectivity index is 1.38. The number of amides is 1. The standard InChI is InChI=1S/C21H20F3N7O/c1-13-2-3-16(19(27-13)31-9-7-26-28-31)20(32)30-11-14-5-8-29(12-17(14)30)18-10-15(4-6-25-18)21(22,23)24/h2-4,6-7,9-10,14,17H,5,8,11-12H2,1H3/t14-,17-/m1/s1. The summed E-state index contributed by atoms with van der Waals surface area (Å²) >= 11 is 0. The molecule has 1 amide bonds. The van der Waals surface area contributed by atoms with Gasteiger partial charge in [-0.3, -0.25) is 4.79 Å². The van der Waals surface area contributed by atoms with E-state index in [9.17, 15) is 18.0 Å². The molecule has 32 heavy (non-hydrogen) atoms. The van der Waals surface area contributed by atoms with Crippen molar-refractivity contribution in [3.05, 3.63) is 59.7 Å². The average molecular weight is 443 g/mol. The third kappa shape index (κ3) is 3.57. The van der Waals surface area contributed by atoms with E-state index < -0.39 is 11.7 Å². The summed E-state index contributed by atoms with van der Waals surface area (Å²) in [6.45, 7) is 3.48. The molecule has 166 valence electrons. The molecule has 0 unspecified atom stereocenters. The Labute approximate surface area is 181 Å². The average Bonchev–Trinajstić information content (AvgIpc) is 3.29. The van der Waals surface area contributed by atoms with Crippen molar-refractivity contribution in [2.75, 3.05) is 24.5 Å². The molecule has 2 aliphatic heterocycles. The molecule has 0 saturated carbocycles. The molecule has 0 spiro atoms. The van der Waals surface area contributed by atoms with Gasteiger partial charge in [0.25, 0.3) is 5.91 Å². The molecule has 2 atom stereocenters. The lowest BCUT2D eigenvalue weighted by Crippen LogP contribution is -2.66. The van der Waals surface area contributed by atoms with Crippen LogP contribution in [0.15, 0.2) is 42.9 Å². The van der Waals surface area contributed by atoms with Crippen molar-refractivity contribution in [2.24, 2.45) is 5.92 Å². The number of piperidine rings is 1. The van der Waals surface area contributed by atoms with Gasteiger partial charge in [-0.25, -0.2) is 14.6 Å². The molecule has 3 aromatic heterocycles. The summed E-state index contributed by atoms with van der Waals surface area (Å²) in [5.74, 6) is 0.818. The molecule has 5 rings (SSSR count). The molecular formula is C21H20F3N7O. The van der Waals surface area contributed by atoms with E-state index in [4.69, 9.17) is 0 Å². The number of hydrogen-bond acceptors (Lipinski definition) is 6. The number of fused-ring (bicyclic) bond motifs is 1. The zero-order valence-corrected chi connectivity index (χ0v) is 17.2. The van der Waals surface area contributed by atoms with Gasteiger partial charge in [0.2, 0.25) is 0 Å². The van der Waals surface area contributed by atoms with Gasteiger partial charge in [-0.2, -0.15) is 13.2 Å². The molecule has 0 radical (unpaired) electrons. The highest BCUT2D eigenvalue weighted by molar-refractivity contribution is 5.98. The van der Waals surface area contributed by atoms with Gasteiger partial charge < -0.3 is 9.80 Å². The van der Waals surface area contributed by atoms with Crippen LogP contribution < -0.4 is 4.90 Å². The minimum absolute atomic E-state index is 0.0995. The fourth-order valence-corrected chi connectivity index (χ4v) is 4.37. The first kappa shape index (κ1) is 20.4. The van der Waals surface area contributed by atoms with Crippen LogP contribution >= 0.6 is 0 Å². The van der Waals surface area contributed by atoms with E-state index >= 15 is 0 Å². The van der Waals surface area contributed by atoms with E-state index in [1.54, 1.807) is 23.2 Å². The second kappa shape index (κ2) is 7.57. The number of aromatic nitrogens is 5. The van der Waals surface area contributed by atoms with Crippen LogP contribution in [0.2, 0.25) is 0 Å². The van der Waals surface area contributed by atoms with Gasteiger partial charge in [0, 0.05) is 37.4 Å². The predicted octanol–water partition coefficient (Wildman–Crippen LogP) is 2.74. The number of carbonyl (C=O) groups excluding carboxylic acids is 1. The fourth-order valence-electron chi connectivity index (χ4n) is 4.37. The van der Waals surface area contributed by atoms with Crippen LogP contribution in [0.4, 0.5) is 19.0 Å². The van der Waals surface area contributed by atoms with Gasteiger partial charge in [0.1, 0.15) is 5.82 Å². The quantitative estimate of drug-likeness (QED) is 0.619. The van der Waals surface area contributed by atoms with E-state index in [-0.39, 0.29) is 17.8 Å². The summed E-state index contributed by atoms with van der Waals surface area (Å²) < 4.78 is 40.8. The molecular weight excluding hydrogens is 423 g/mol. The second-order valence-electron chi connectivity index (χ2n) is 8.09. The lowest BCUT2D eigenvalue weighted by molar-refractivity contribution is -0.137. The number of aryl methyl sites for hydroxylation is 1. The summed E-state index contributed by atoms with van der Waals surface area (Å²) in [5.41, 5.74) is 0.427. The maximum absolute atomic E-state index is 13.4. The Hall–Kier alpha value is -3.50. The van der Waals surface area contributed by atoms with Crippen molar-refractivity contribution in [3.63, 3.8) is 0 Å². The van der Waals surface area contributed by atoms with Crippen molar-refractivity contribution in [1.82, 2.24) is 29.9 Å². The minimum atomic E-state index is -4.43. The number of likely N-dealkylation sites (tertiary alicyclic amines) is 1. The highest BCUT2D eigenvalue weighted by atomic mass is 19.4. The molecule has 11 heteroatoms. The van der Waals surface area contributed by atoms with Gasteiger partial charge in [0.15, 0.2) is 5.82 Å². The van der Waals surface area contributed by atoms with Crippen molar-refractivity contribution < 1.29 is 18.0 Å². The number of pyridine rings is 2. The number of carbonyl (C=O) groups is 1. The number of hydrogen-bond donors (Lipinski definition) is 0. The van der Waals surface area contributed by atoms with Crippen molar-refractivity contribution in [1.29, 1.82) is 0 Å². The van der Waals surface area contributed by atoms with E-state index in [2.05, 4.69) is 20.3 Å². The number of anilines is 1. The van der Waals surface area contributed by atoms with Gasteiger partial charge >= 0.3 is 6.18 Å². The van der Waals surface area contributed by atoms with E-state index in [1.807, 2.05) is 11.8 Å². The number of alkyl halides is 3. The number of nitrogens with zero attached hydrogens (tertiary/aromatic N) is 7. The molecule has 0 bridgehead atoms. The van der Waals surface area contributed by atoms with Crippen LogP contribution in [0.1, 0.15) is 28.0 Å². The Morgan fingerprint density at radius 2 is 2.00 bits per heavy atom. The molecule has 0 N–H and O–H groups in total. The van der Waals surface area contributed by atoms with Crippen LogP contribution in [0.3, 0.4) is 0 Å². The summed E-state index contributed by atoms with van der Waals surface area (Å²) in [4.78, 5) is 25.6. The molecule has 2 aliphatic rings. The summed E-state index contributed by atoms with van der Waals surface area (Å²) in [6.07, 6.45) is 0.674. The number of rotatable bonds is 3. The third-order valence-corrected chi connectivity index (χ3v) is 6.09. The Morgan fingerprint density at radius 1 is 1.16 bits per heavy atom. The van der Waals surface area contributed by atoms with Gasteiger partial charge in [-0.1, -0.05) is 5.21 Å². The Kier molecular flexibility index (Phi) is 4.83. The first-order valence-corrected chi connectivity index (χ1v) is 10.2. The van der Waals surface area contributed by atoms with Gasteiger partial charge in [0.05, 0.1) is 29.6 Å².